The molecule has 0 radical (unpaired) electrons. The molecule has 6 heteroatoms. The lowest BCUT2D eigenvalue weighted by Gasteiger charge is -2.35. The number of carbonyl (C=O) groups is 1. The molecule has 0 saturated carbocycles. The molecule has 132 valence electrons. The molecule has 25 heavy (non-hydrogen) atoms. The Bertz CT molecular complexity index is 766. The molecule has 2 N–H and O–H groups in total. The number of rotatable bonds is 3. The van der Waals surface area contributed by atoms with Crippen LogP contribution in [0.5, 0.6) is 0 Å². The van der Waals surface area contributed by atoms with Crippen LogP contribution < -0.4 is 10.6 Å². The Morgan fingerprint density at radius 1 is 1.12 bits per heavy atom. The van der Waals surface area contributed by atoms with Crippen molar-refractivity contribution in [1.82, 2.24) is 14.9 Å². The molecule has 3 rings (SSSR count). The van der Waals surface area contributed by atoms with Gasteiger partial charge in [0.05, 0.1) is 5.56 Å². The number of piperazine rings is 1. The summed E-state index contributed by atoms with van der Waals surface area (Å²) in [7, 11) is 0. The van der Waals surface area contributed by atoms with Crippen LogP contribution in [-0.4, -0.2) is 47.0 Å². The van der Waals surface area contributed by atoms with Crippen molar-refractivity contribution in [3.05, 3.63) is 47.4 Å². The average Bonchev–Trinajstić information content (AvgIpc) is 2.61. The highest BCUT2D eigenvalue weighted by atomic mass is 16.2. The minimum Gasteiger partial charge on any atom is -0.398 e. The fourth-order valence-electron chi connectivity index (χ4n) is 3.00. The summed E-state index contributed by atoms with van der Waals surface area (Å²) in [5.74, 6) is 2.11. The number of anilines is 2. The smallest absolute Gasteiger partial charge is 0.256 e. The molecular formula is C19H25N5O. The van der Waals surface area contributed by atoms with Gasteiger partial charge in [0, 0.05) is 49.5 Å². The first-order chi connectivity index (χ1) is 12.0. The summed E-state index contributed by atoms with van der Waals surface area (Å²) in [6.07, 6.45) is 0. The van der Waals surface area contributed by atoms with Crippen LogP contribution in [0.2, 0.25) is 0 Å². The second-order valence-corrected chi connectivity index (χ2v) is 6.75. The number of nitrogens with zero attached hydrogens (tertiary/aromatic N) is 4. The van der Waals surface area contributed by atoms with E-state index in [1.807, 2.05) is 30.0 Å². The molecule has 6 nitrogen and oxygen atoms in total. The predicted molar refractivity (Wildman–Crippen MR) is 99.8 cm³/mol. The third kappa shape index (κ3) is 3.73. The van der Waals surface area contributed by atoms with Crippen LogP contribution in [-0.2, 0) is 0 Å². The molecule has 1 fully saturated rings. The van der Waals surface area contributed by atoms with E-state index in [1.165, 1.54) is 0 Å². The number of hydrogen-bond acceptors (Lipinski definition) is 5. The van der Waals surface area contributed by atoms with Crippen molar-refractivity contribution in [2.24, 2.45) is 0 Å². The largest absolute Gasteiger partial charge is 0.398 e. The third-order valence-electron chi connectivity index (χ3n) is 4.46. The average molecular weight is 339 g/mol. The van der Waals surface area contributed by atoms with Gasteiger partial charge in [0.1, 0.15) is 11.6 Å². The number of benzene rings is 1. The first kappa shape index (κ1) is 17.2. The van der Waals surface area contributed by atoms with E-state index >= 15 is 0 Å². The first-order valence-corrected chi connectivity index (χ1v) is 8.70. The van der Waals surface area contributed by atoms with E-state index < -0.39 is 0 Å². The molecular weight excluding hydrogens is 314 g/mol. The van der Waals surface area contributed by atoms with Gasteiger partial charge in [0.25, 0.3) is 5.91 Å². The van der Waals surface area contributed by atoms with Gasteiger partial charge in [-0.05, 0) is 19.1 Å². The summed E-state index contributed by atoms with van der Waals surface area (Å²) < 4.78 is 0. The third-order valence-corrected chi connectivity index (χ3v) is 4.46. The summed E-state index contributed by atoms with van der Waals surface area (Å²) in [4.78, 5) is 25.9. The molecule has 0 spiro atoms. The Kier molecular flexibility index (Phi) is 4.88. The zero-order valence-electron chi connectivity index (χ0n) is 15.1. The van der Waals surface area contributed by atoms with Gasteiger partial charge in [-0.3, -0.25) is 4.79 Å². The minimum absolute atomic E-state index is 0.000475. The number of nitrogen functional groups attached to an aromatic ring is 1. The van der Waals surface area contributed by atoms with E-state index in [4.69, 9.17) is 10.7 Å². The van der Waals surface area contributed by atoms with Crippen LogP contribution in [0.25, 0.3) is 0 Å². The minimum atomic E-state index is -0.000475. The molecule has 0 bridgehead atoms. The molecule has 1 aromatic carbocycles. The summed E-state index contributed by atoms with van der Waals surface area (Å²) in [5.41, 5.74) is 8.02. The van der Waals surface area contributed by atoms with E-state index in [1.54, 1.807) is 12.1 Å². The van der Waals surface area contributed by atoms with Crippen molar-refractivity contribution in [3.8, 4) is 0 Å². The van der Waals surface area contributed by atoms with Crippen molar-refractivity contribution in [3.63, 3.8) is 0 Å². The Balaban J connectivity index is 1.70. The summed E-state index contributed by atoms with van der Waals surface area (Å²) in [5, 5.41) is 0. The lowest BCUT2D eigenvalue weighted by atomic mass is 10.1. The van der Waals surface area contributed by atoms with Gasteiger partial charge < -0.3 is 15.5 Å². The van der Waals surface area contributed by atoms with Crippen molar-refractivity contribution in [1.29, 1.82) is 0 Å². The highest BCUT2D eigenvalue weighted by Crippen LogP contribution is 2.20. The van der Waals surface area contributed by atoms with Crippen LogP contribution in [0, 0.1) is 6.92 Å². The number of amides is 1. The molecule has 0 unspecified atom stereocenters. The van der Waals surface area contributed by atoms with Gasteiger partial charge in [0.2, 0.25) is 0 Å². The molecule has 1 aromatic heterocycles. The Morgan fingerprint density at radius 3 is 2.44 bits per heavy atom. The SMILES string of the molecule is Cc1cc(N2CCN(C(=O)c3ccccc3N)CC2)nc(C(C)C)n1. The molecule has 2 aromatic rings. The Labute approximate surface area is 148 Å². The highest BCUT2D eigenvalue weighted by molar-refractivity contribution is 5.99. The second kappa shape index (κ2) is 7.09. The maximum Gasteiger partial charge on any atom is 0.256 e. The van der Waals surface area contributed by atoms with Crippen LogP contribution in [0.3, 0.4) is 0 Å². The van der Waals surface area contributed by atoms with E-state index in [0.29, 0.717) is 30.3 Å². The summed E-state index contributed by atoms with van der Waals surface area (Å²) >= 11 is 0. The zero-order valence-corrected chi connectivity index (χ0v) is 15.1. The van der Waals surface area contributed by atoms with Gasteiger partial charge in [-0.25, -0.2) is 9.97 Å². The summed E-state index contributed by atoms with van der Waals surface area (Å²) in [6, 6.07) is 9.25. The van der Waals surface area contributed by atoms with E-state index in [9.17, 15) is 4.79 Å². The molecule has 1 aliphatic heterocycles. The molecule has 0 atom stereocenters. The fourth-order valence-corrected chi connectivity index (χ4v) is 3.00. The molecule has 1 amide bonds. The first-order valence-electron chi connectivity index (χ1n) is 8.70. The molecule has 2 heterocycles. The number of para-hydroxylation sites is 1. The maximum atomic E-state index is 12.7. The van der Waals surface area contributed by atoms with Crippen molar-refractivity contribution >= 4 is 17.4 Å². The van der Waals surface area contributed by atoms with Gasteiger partial charge in [0.15, 0.2) is 0 Å². The molecule has 0 aliphatic carbocycles. The fraction of sp³-hybridized carbons (Fsp3) is 0.421. The summed E-state index contributed by atoms with van der Waals surface area (Å²) in [6.45, 7) is 9.02. The number of hydrogen-bond donors (Lipinski definition) is 1. The van der Waals surface area contributed by atoms with Crippen LogP contribution in [0.4, 0.5) is 11.5 Å². The lowest BCUT2D eigenvalue weighted by Crippen LogP contribution is -2.49. The molecule has 1 aliphatic rings. The number of carbonyl (C=O) groups excluding carboxylic acids is 1. The van der Waals surface area contributed by atoms with Crippen molar-refractivity contribution in [2.75, 3.05) is 36.8 Å². The van der Waals surface area contributed by atoms with Crippen molar-refractivity contribution < 1.29 is 4.79 Å². The van der Waals surface area contributed by atoms with Crippen LogP contribution in [0.15, 0.2) is 30.3 Å². The van der Waals surface area contributed by atoms with Gasteiger partial charge in [-0.2, -0.15) is 0 Å². The quantitative estimate of drug-likeness (QED) is 0.870. The Hall–Kier alpha value is -2.63. The van der Waals surface area contributed by atoms with E-state index in [0.717, 1.165) is 30.4 Å². The number of aromatic nitrogens is 2. The van der Waals surface area contributed by atoms with Crippen LogP contribution in [0.1, 0.15) is 41.6 Å². The maximum absolute atomic E-state index is 12.7. The van der Waals surface area contributed by atoms with E-state index in [2.05, 4.69) is 23.7 Å². The lowest BCUT2D eigenvalue weighted by molar-refractivity contribution is 0.0747. The molecule has 1 saturated heterocycles. The Morgan fingerprint density at radius 2 is 1.80 bits per heavy atom. The van der Waals surface area contributed by atoms with Gasteiger partial charge in [-0.15, -0.1) is 0 Å². The van der Waals surface area contributed by atoms with Crippen LogP contribution >= 0.6 is 0 Å². The second-order valence-electron chi connectivity index (χ2n) is 6.75. The monoisotopic (exact) mass is 339 g/mol. The van der Waals surface area contributed by atoms with E-state index in [-0.39, 0.29) is 5.91 Å². The van der Waals surface area contributed by atoms with Crippen molar-refractivity contribution in [2.45, 2.75) is 26.7 Å². The number of nitrogens with two attached hydrogens (primary N) is 1. The topological polar surface area (TPSA) is 75.3 Å². The predicted octanol–water partition coefficient (Wildman–Crippen LogP) is 2.45. The standard InChI is InChI=1S/C19H25N5O/c1-13(2)18-21-14(3)12-17(22-18)23-8-10-24(11-9-23)19(25)15-6-4-5-7-16(15)20/h4-7,12-13H,8-11,20H2,1-3H3. The van der Waals surface area contributed by atoms with Gasteiger partial charge in [-0.1, -0.05) is 26.0 Å². The number of aryl methyl sites for hydroxylation is 1. The normalized spacial score (nSPS) is 14.9. The van der Waals surface area contributed by atoms with Gasteiger partial charge >= 0.3 is 0 Å². The highest BCUT2D eigenvalue weighted by Gasteiger charge is 2.24. The zero-order chi connectivity index (χ0) is 18.0.